The normalized spacial score (nSPS) is 11.1. The third kappa shape index (κ3) is 2.51. The molecule has 0 aliphatic heterocycles. The lowest BCUT2D eigenvalue weighted by Crippen LogP contribution is -2.32. The Morgan fingerprint density at radius 1 is 1.24 bits per heavy atom. The molecule has 0 amide bonds. The summed E-state index contributed by atoms with van der Waals surface area (Å²) in [5.74, 6) is -0.879. The number of hydrogen-bond acceptors (Lipinski definition) is 4. The number of carbonyl (C=O) groups is 1. The first-order valence-corrected chi connectivity index (χ1v) is 6.65. The fourth-order valence-electron chi connectivity index (χ4n) is 2.57. The molecule has 0 spiro atoms. The van der Waals surface area contributed by atoms with Crippen LogP contribution in [-0.2, 0) is 0 Å². The van der Waals surface area contributed by atoms with Gasteiger partial charge in [0.15, 0.2) is 5.78 Å². The van der Waals surface area contributed by atoms with Gasteiger partial charge in [0.05, 0.1) is 11.4 Å². The van der Waals surface area contributed by atoms with Crippen LogP contribution in [0, 0.1) is 12.7 Å². The molecule has 0 unspecified atom stereocenters. The maximum atomic E-state index is 14.2. The van der Waals surface area contributed by atoms with Gasteiger partial charge in [-0.25, -0.2) is 4.39 Å². The van der Waals surface area contributed by atoms with E-state index in [1.54, 1.807) is 6.92 Å². The average Bonchev–Trinajstić information content (AvgIpc) is 2.38. The topological polar surface area (TPSA) is 63.2 Å². The highest BCUT2D eigenvalue weighted by Crippen LogP contribution is 2.33. The van der Waals surface area contributed by atoms with Gasteiger partial charge in [-0.15, -0.1) is 0 Å². The first kappa shape index (κ1) is 15.1. The van der Waals surface area contributed by atoms with Crippen molar-refractivity contribution in [2.45, 2.75) is 33.6 Å². The maximum absolute atomic E-state index is 14.2. The quantitative estimate of drug-likeness (QED) is 0.694. The molecule has 0 fully saturated rings. The van der Waals surface area contributed by atoms with Crippen molar-refractivity contribution >= 4 is 17.2 Å². The predicted octanol–water partition coefficient (Wildman–Crippen LogP) is 2.80. The van der Waals surface area contributed by atoms with E-state index in [2.05, 4.69) is 5.32 Å². The molecule has 0 saturated heterocycles. The van der Waals surface area contributed by atoms with Crippen molar-refractivity contribution in [2.75, 3.05) is 5.32 Å². The summed E-state index contributed by atoms with van der Waals surface area (Å²) < 4.78 is 14.2. The minimum atomic E-state index is -0.699. The Balaban J connectivity index is 2.67. The van der Waals surface area contributed by atoms with Gasteiger partial charge < -0.3 is 5.32 Å². The monoisotopic (exact) mass is 289 g/mol. The number of rotatable bonds is 4. The Bertz CT molecular complexity index is 799. The second-order valence-electron chi connectivity index (χ2n) is 5.43. The van der Waals surface area contributed by atoms with Crippen molar-refractivity contribution in [3.8, 4) is 0 Å². The highest BCUT2D eigenvalue weighted by molar-refractivity contribution is 6.02. The highest BCUT2D eigenvalue weighted by Gasteiger charge is 2.23. The van der Waals surface area contributed by atoms with Crippen molar-refractivity contribution in [1.82, 2.24) is 0 Å². The van der Waals surface area contributed by atoms with E-state index in [0.29, 0.717) is 5.56 Å². The summed E-state index contributed by atoms with van der Waals surface area (Å²) in [6, 6.07) is 2.43. The lowest BCUT2D eigenvalue weighted by Gasteiger charge is -2.20. The summed E-state index contributed by atoms with van der Waals surface area (Å²) in [4.78, 5) is 34.2. The van der Waals surface area contributed by atoms with E-state index in [1.165, 1.54) is 13.0 Å². The zero-order valence-corrected chi connectivity index (χ0v) is 12.3. The molecule has 0 aliphatic rings. The van der Waals surface area contributed by atoms with E-state index in [-0.39, 0.29) is 28.6 Å². The van der Waals surface area contributed by atoms with Gasteiger partial charge in [0.2, 0.25) is 10.9 Å². The molecule has 0 bridgehead atoms. The minimum absolute atomic E-state index is 0.0139. The molecule has 0 heterocycles. The number of aryl methyl sites for hydroxylation is 1. The summed E-state index contributed by atoms with van der Waals surface area (Å²) in [5, 5.41) is 2.59. The Labute approximate surface area is 121 Å². The fourth-order valence-corrected chi connectivity index (χ4v) is 2.57. The summed E-state index contributed by atoms with van der Waals surface area (Å²) >= 11 is 0. The van der Waals surface area contributed by atoms with Gasteiger partial charge in [0, 0.05) is 11.6 Å². The van der Waals surface area contributed by atoms with Gasteiger partial charge in [-0.3, -0.25) is 14.4 Å². The van der Waals surface area contributed by atoms with Gasteiger partial charge in [0.25, 0.3) is 0 Å². The summed E-state index contributed by atoms with van der Waals surface area (Å²) in [7, 11) is 0. The molecule has 110 valence electrons. The number of Topliss-reactive ketones (excluding diaryl/α,β-unsaturated/α-hetero) is 1. The third-order valence-electron chi connectivity index (χ3n) is 3.46. The number of nitrogens with one attached hydrogen (secondary N) is 1. The van der Waals surface area contributed by atoms with Gasteiger partial charge in [-0.1, -0.05) is 13.8 Å². The largest absolute Gasteiger partial charge is 0.349 e. The zero-order valence-electron chi connectivity index (χ0n) is 12.3. The minimum Gasteiger partial charge on any atom is -0.349 e. The van der Waals surface area contributed by atoms with Crippen molar-refractivity contribution in [2.24, 2.45) is 0 Å². The number of hydrogen-bond donors (Lipinski definition) is 1. The fraction of sp³-hybridized carbons (Fsp3) is 0.312. The molecule has 0 saturated carbocycles. The van der Waals surface area contributed by atoms with Crippen molar-refractivity contribution in [1.29, 1.82) is 0 Å². The van der Waals surface area contributed by atoms with Crippen LogP contribution >= 0.6 is 0 Å². The molecule has 21 heavy (non-hydrogen) atoms. The Hall–Kier alpha value is -2.30. The van der Waals surface area contributed by atoms with Crippen LogP contribution in [0.25, 0.3) is 0 Å². The molecule has 2 aromatic carbocycles. The Morgan fingerprint density at radius 3 is 2.29 bits per heavy atom. The smallest absolute Gasteiger partial charge is 0.249 e. The standard InChI is InChI=1S/C16H16FNO3/c1-7(2)13-8(3)5-10(17)15(14(13)9(4)19)18-11-6-12(20)16(11)21/h5-7,18H,1-4H3. The van der Waals surface area contributed by atoms with Gasteiger partial charge in [-0.05, 0) is 37.0 Å². The second-order valence-corrected chi connectivity index (χ2v) is 5.43. The van der Waals surface area contributed by atoms with Crippen molar-refractivity contribution in [3.63, 3.8) is 0 Å². The second kappa shape index (κ2) is 5.24. The van der Waals surface area contributed by atoms with Crippen LogP contribution in [0.4, 0.5) is 15.8 Å². The first-order chi connectivity index (χ1) is 9.73. The van der Waals surface area contributed by atoms with Crippen LogP contribution < -0.4 is 16.2 Å². The summed E-state index contributed by atoms with van der Waals surface area (Å²) in [6.45, 7) is 6.92. The van der Waals surface area contributed by atoms with Crippen molar-refractivity contribution < 1.29 is 9.18 Å². The van der Waals surface area contributed by atoms with Gasteiger partial charge >= 0.3 is 0 Å². The molecule has 2 aromatic rings. The molecule has 2 rings (SSSR count). The predicted molar refractivity (Wildman–Crippen MR) is 79.9 cm³/mol. The molecular weight excluding hydrogens is 273 g/mol. The number of anilines is 2. The van der Waals surface area contributed by atoms with E-state index < -0.39 is 16.7 Å². The molecule has 0 atom stereocenters. The van der Waals surface area contributed by atoms with Gasteiger partial charge in [0.1, 0.15) is 5.82 Å². The third-order valence-corrected chi connectivity index (χ3v) is 3.46. The van der Waals surface area contributed by atoms with Crippen LogP contribution in [0.15, 0.2) is 21.7 Å². The Morgan fingerprint density at radius 2 is 1.86 bits per heavy atom. The van der Waals surface area contributed by atoms with Crippen LogP contribution in [0.3, 0.4) is 0 Å². The molecule has 5 heteroatoms. The van der Waals surface area contributed by atoms with Crippen LogP contribution in [-0.4, -0.2) is 5.78 Å². The Kier molecular flexibility index (Phi) is 3.77. The first-order valence-electron chi connectivity index (χ1n) is 6.65. The van der Waals surface area contributed by atoms with Crippen LogP contribution in [0.5, 0.6) is 0 Å². The maximum Gasteiger partial charge on any atom is 0.249 e. The number of carbonyl (C=O) groups excluding carboxylic acids is 1. The number of benzene rings is 1. The van der Waals surface area contributed by atoms with Crippen molar-refractivity contribution in [3.05, 3.63) is 55.1 Å². The van der Waals surface area contributed by atoms with Crippen LogP contribution in [0.1, 0.15) is 48.2 Å². The van der Waals surface area contributed by atoms with E-state index in [1.807, 2.05) is 13.8 Å². The molecule has 0 radical (unpaired) electrons. The highest BCUT2D eigenvalue weighted by atomic mass is 19.1. The van der Waals surface area contributed by atoms with E-state index in [9.17, 15) is 18.8 Å². The molecule has 4 nitrogen and oxygen atoms in total. The van der Waals surface area contributed by atoms with Gasteiger partial charge in [-0.2, -0.15) is 0 Å². The van der Waals surface area contributed by atoms with E-state index >= 15 is 0 Å². The number of ketones is 1. The zero-order chi connectivity index (χ0) is 15.9. The molecular formula is C16H16FNO3. The molecule has 0 aliphatic carbocycles. The number of halogens is 1. The van der Waals surface area contributed by atoms with E-state index in [0.717, 1.165) is 11.6 Å². The lowest BCUT2D eigenvalue weighted by atomic mass is 9.89. The SMILES string of the molecule is CC(=O)c1c(Nc2cc(=O)c2=O)c(F)cc(C)c1C(C)C. The molecule has 1 N–H and O–H groups in total. The summed E-state index contributed by atoms with van der Waals surface area (Å²) in [5.41, 5.74) is 0.307. The average molecular weight is 289 g/mol. The van der Waals surface area contributed by atoms with E-state index in [4.69, 9.17) is 0 Å². The molecule has 0 aromatic heterocycles. The summed E-state index contributed by atoms with van der Waals surface area (Å²) in [6.07, 6.45) is 0. The van der Waals surface area contributed by atoms with Crippen LogP contribution in [0.2, 0.25) is 0 Å². The lowest BCUT2D eigenvalue weighted by molar-refractivity contribution is 0.101.